The van der Waals surface area contributed by atoms with Crippen LogP contribution in [0.3, 0.4) is 0 Å². The van der Waals surface area contributed by atoms with E-state index in [4.69, 9.17) is 11.1 Å². The number of aliphatic carboxylic acids is 1. The summed E-state index contributed by atoms with van der Waals surface area (Å²) in [6, 6.07) is 10.1. The highest BCUT2D eigenvalue weighted by Crippen LogP contribution is 2.32. The summed E-state index contributed by atoms with van der Waals surface area (Å²) in [5.41, 5.74) is 3.93. The van der Waals surface area contributed by atoms with Gasteiger partial charge in [-0.05, 0) is 48.9 Å². The van der Waals surface area contributed by atoms with Crippen molar-refractivity contribution in [2.75, 3.05) is 5.32 Å². The molecule has 0 aromatic heterocycles. The van der Waals surface area contributed by atoms with Crippen LogP contribution in [0.1, 0.15) is 23.6 Å². The van der Waals surface area contributed by atoms with E-state index in [-0.39, 0.29) is 11.4 Å². The molecule has 0 heterocycles. The van der Waals surface area contributed by atoms with Gasteiger partial charge < -0.3 is 16.2 Å². The molecule has 2 aromatic rings. The van der Waals surface area contributed by atoms with Gasteiger partial charge in [0.25, 0.3) is 0 Å². The Morgan fingerprint density at radius 1 is 1.04 bits per heavy atom. The Labute approximate surface area is 141 Å². The molecule has 8 heteroatoms. The average Bonchev–Trinajstić information content (AvgIpc) is 2.54. The number of anilines is 1. The summed E-state index contributed by atoms with van der Waals surface area (Å²) in [5, 5.41) is 19.7. The topological polar surface area (TPSA) is 99.2 Å². The van der Waals surface area contributed by atoms with Crippen molar-refractivity contribution in [1.29, 1.82) is 5.41 Å². The molecule has 2 aromatic carbocycles. The number of amidine groups is 1. The average molecular weight is 351 g/mol. The van der Waals surface area contributed by atoms with Gasteiger partial charge in [0.05, 0.1) is 5.56 Å². The van der Waals surface area contributed by atoms with E-state index in [0.29, 0.717) is 11.3 Å². The summed E-state index contributed by atoms with van der Waals surface area (Å²) >= 11 is 0. The summed E-state index contributed by atoms with van der Waals surface area (Å²) in [5.74, 6) is -1.38. The van der Waals surface area contributed by atoms with Crippen molar-refractivity contribution in [3.8, 4) is 0 Å². The molecule has 0 saturated heterocycles. The van der Waals surface area contributed by atoms with Gasteiger partial charge in [-0.1, -0.05) is 12.1 Å². The van der Waals surface area contributed by atoms with E-state index >= 15 is 0 Å². The highest BCUT2D eigenvalue weighted by atomic mass is 19.4. The lowest BCUT2D eigenvalue weighted by molar-refractivity contribution is -0.142. The van der Waals surface area contributed by atoms with Crippen molar-refractivity contribution in [1.82, 2.24) is 0 Å². The van der Waals surface area contributed by atoms with Gasteiger partial charge in [0.1, 0.15) is 5.84 Å². The Balaban J connectivity index is 2.35. The molecule has 0 aliphatic carbocycles. The molecular weight excluding hydrogens is 335 g/mol. The Morgan fingerprint density at radius 2 is 1.52 bits per heavy atom. The van der Waals surface area contributed by atoms with E-state index in [1.54, 1.807) is 24.3 Å². The van der Waals surface area contributed by atoms with E-state index in [2.05, 4.69) is 5.32 Å². The lowest BCUT2D eigenvalue weighted by Gasteiger charge is -2.28. The summed E-state index contributed by atoms with van der Waals surface area (Å²) in [6.45, 7) is 1.36. The van der Waals surface area contributed by atoms with Crippen molar-refractivity contribution in [2.45, 2.75) is 18.6 Å². The molecule has 0 spiro atoms. The number of hydrogen-bond acceptors (Lipinski definition) is 3. The van der Waals surface area contributed by atoms with Crippen molar-refractivity contribution in [2.24, 2.45) is 5.73 Å². The normalized spacial score (nSPS) is 13.8. The van der Waals surface area contributed by atoms with Crippen LogP contribution in [0.4, 0.5) is 18.9 Å². The summed E-state index contributed by atoms with van der Waals surface area (Å²) in [6.07, 6.45) is -4.49. The number of carbonyl (C=O) groups is 1. The number of carboxylic acids is 1. The maximum absolute atomic E-state index is 12.7. The number of benzene rings is 2. The van der Waals surface area contributed by atoms with E-state index in [9.17, 15) is 23.1 Å². The molecule has 5 nitrogen and oxygen atoms in total. The lowest BCUT2D eigenvalue weighted by Crippen LogP contribution is -2.40. The van der Waals surface area contributed by atoms with Gasteiger partial charge in [0.15, 0.2) is 5.54 Å². The third-order valence-corrected chi connectivity index (χ3v) is 3.81. The monoisotopic (exact) mass is 351 g/mol. The molecule has 0 bridgehead atoms. The smallest absolute Gasteiger partial charge is 0.416 e. The van der Waals surface area contributed by atoms with Crippen molar-refractivity contribution in [3.63, 3.8) is 0 Å². The molecule has 132 valence electrons. The zero-order valence-corrected chi connectivity index (χ0v) is 13.2. The first-order valence-electron chi connectivity index (χ1n) is 7.18. The highest BCUT2D eigenvalue weighted by molar-refractivity contribution is 5.95. The number of nitrogens with one attached hydrogen (secondary N) is 2. The van der Waals surface area contributed by atoms with Gasteiger partial charge in [-0.2, -0.15) is 13.2 Å². The molecule has 1 unspecified atom stereocenters. The number of halogens is 3. The van der Waals surface area contributed by atoms with Crippen LogP contribution in [0.15, 0.2) is 48.5 Å². The molecule has 0 saturated carbocycles. The Morgan fingerprint density at radius 3 is 1.92 bits per heavy atom. The van der Waals surface area contributed by atoms with Crippen LogP contribution >= 0.6 is 0 Å². The molecule has 0 amide bonds. The van der Waals surface area contributed by atoms with Crippen LogP contribution in [-0.4, -0.2) is 16.9 Å². The SMILES string of the molecule is CC(Nc1ccc(C(=N)N)cc1)(C(=O)O)c1ccc(C(F)(F)F)cc1. The largest absolute Gasteiger partial charge is 0.479 e. The molecule has 25 heavy (non-hydrogen) atoms. The fraction of sp³-hybridized carbons (Fsp3) is 0.176. The number of hydrogen-bond donors (Lipinski definition) is 4. The third-order valence-electron chi connectivity index (χ3n) is 3.81. The Kier molecular flexibility index (Phi) is 4.73. The van der Waals surface area contributed by atoms with Crippen LogP contribution in [0.5, 0.6) is 0 Å². The van der Waals surface area contributed by atoms with Gasteiger partial charge in [0.2, 0.25) is 0 Å². The predicted molar refractivity (Wildman–Crippen MR) is 87.5 cm³/mol. The molecule has 0 aliphatic rings. The minimum absolute atomic E-state index is 0.129. The molecule has 2 rings (SSSR count). The molecule has 5 N–H and O–H groups in total. The number of carboxylic acid groups (broad SMARTS) is 1. The van der Waals surface area contributed by atoms with E-state index < -0.39 is 23.2 Å². The van der Waals surface area contributed by atoms with Crippen molar-refractivity contribution in [3.05, 3.63) is 65.2 Å². The number of rotatable bonds is 5. The fourth-order valence-electron chi connectivity index (χ4n) is 2.26. The third kappa shape index (κ3) is 3.90. The van der Waals surface area contributed by atoms with E-state index in [1.807, 2.05) is 0 Å². The van der Waals surface area contributed by atoms with Crippen molar-refractivity contribution >= 4 is 17.5 Å². The van der Waals surface area contributed by atoms with E-state index in [0.717, 1.165) is 24.3 Å². The number of alkyl halides is 3. The molecule has 0 aliphatic heterocycles. The first kappa shape index (κ1) is 18.3. The Bertz CT molecular complexity index is 786. The predicted octanol–water partition coefficient (Wildman–Crippen LogP) is 3.40. The quantitative estimate of drug-likeness (QED) is 0.490. The Hall–Kier alpha value is -3.03. The van der Waals surface area contributed by atoms with Gasteiger partial charge >= 0.3 is 12.1 Å². The van der Waals surface area contributed by atoms with Gasteiger partial charge in [-0.25, -0.2) is 4.79 Å². The zero-order chi connectivity index (χ0) is 18.8. The maximum atomic E-state index is 12.7. The second kappa shape index (κ2) is 6.46. The number of nitrogen functional groups attached to an aromatic ring is 1. The van der Waals surface area contributed by atoms with Crippen LogP contribution in [0.2, 0.25) is 0 Å². The van der Waals surface area contributed by atoms with Gasteiger partial charge in [-0.3, -0.25) is 5.41 Å². The summed E-state index contributed by atoms with van der Waals surface area (Å²) in [7, 11) is 0. The molecule has 1 atom stereocenters. The lowest BCUT2D eigenvalue weighted by atomic mass is 9.90. The molecule has 0 radical (unpaired) electrons. The minimum Gasteiger partial charge on any atom is -0.479 e. The first-order valence-corrected chi connectivity index (χ1v) is 7.18. The van der Waals surface area contributed by atoms with Gasteiger partial charge in [-0.15, -0.1) is 0 Å². The van der Waals surface area contributed by atoms with E-state index in [1.165, 1.54) is 6.92 Å². The van der Waals surface area contributed by atoms with Crippen LogP contribution in [-0.2, 0) is 16.5 Å². The summed E-state index contributed by atoms with van der Waals surface area (Å²) < 4.78 is 38.0. The van der Waals surface area contributed by atoms with Crippen LogP contribution in [0, 0.1) is 5.41 Å². The van der Waals surface area contributed by atoms with Crippen LogP contribution < -0.4 is 11.1 Å². The maximum Gasteiger partial charge on any atom is 0.416 e. The fourth-order valence-corrected chi connectivity index (χ4v) is 2.26. The standard InChI is InChI=1S/C17H16F3N3O2/c1-16(15(24)25,11-4-6-12(7-5-11)17(18,19)20)23-13-8-2-10(3-9-13)14(21)22/h2-9,23H,1H3,(H3,21,22)(H,24,25). The second-order valence-electron chi connectivity index (χ2n) is 5.62. The molecule has 0 fully saturated rings. The summed E-state index contributed by atoms with van der Waals surface area (Å²) in [4.78, 5) is 11.7. The highest BCUT2D eigenvalue weighted by Gasteiger charge is 2.37. The number of nitrogens with two attached hydrogens (primary N) is 1. The van der Waals surface area contributed by atoms with Crippen molar-refractivity contribution < 1.29 is 23.1 Å². The van der Waals surface area contributed by atoms with Crippen LogP contribution in [0.25, 0.3) is 0 Å². The zero-order valence-electron chi connectivity index (χ0n) is 13.2. The first-order chi connectivity index (χ1) is 11.5. The van der Waals surface area contributed by atoms with Gasteiger partial charge in [0, 0.05) is 11.3 Å². The molecular formula is C17H16F3N3O2. The second-order valence-corrected chi connectivity index (χ2v) is 5.62. The minimum atomic E-state index is -4.49.